The lowest BCUT2D eigenvalue weighted by Gasteiger charge is -2.40. The van der Waals surface area contributed by atoms with E-state index in [1.54, 1.807) is 6.08 Å². The van der Waals surface area contributed by atoms with Crippen molar-refractivity contribution in [3.63, 3.8) is 0 Å². The summed E-state index contributed by atoms with van der Waals surface area (Å²) in [5.41, 5.74) is 1.36. The van der Waals surface area contributed by atoms with Gasteiger partial charge in [0.05, 0.1) is 25.4 Å². The molecule has 3 unspecified atom stereocenters. The maximum atomic E-state index is 13.0. The summed E-state index contributed by atoms with van der Waals surface area (Å²) in [6.07, 6.45) is 24.9. The van der Waals surface area contributed by atoms with Crippen LogP contribution >= 0.6 is 0 Å². The SMILES string of the molecule is CCCCCCCCCCCCCCCC[C@@H](O)C(=O)N[C@@H](CO[C@@H]1OC(CO)[C@H](O)C(O)C1O)[C@H](O)/C=C/CC/C=C(\C)CCCCCCCCC. The molecule has 1 saturated heterocycles. The molecule has 0 aromatic rings. The molecule has 7 N–H and O–H groups in total. The van der Waals surface area contributed by atoms with Crippen LogP contribution in [0.15, 0.2) is 23.8 Å². The minimum absolute atomic E-state index is 0.306. The lowest BCUT2D eigenvalue weighted by molar-refractivity contribution is -0.302. The minimum atomic E-state index is -1.61. The van der Waals surface area contributed by atoms with Crippen LogP contribution in [-0.4, -0.2) is 98.7 Å². The van der Waals surface area contributed by atoms with Gasteiger partial charge in [0.2, 0.25) is 5.91 Å². The Kier molecular flexibility index (Phi) is 30.8. The van der Waals surface area contributed by atoms with Crippen LogP contribution < -0.4 is 5.32 Å². The second-order valence-corrected chi connectivity index (χ2v) is 15.5. The molecule has 1 aliphatic rings. The van der Waals surface area contributed by atoms with Crippen molar-refractivity contribution in [1.29, 1.82) is 0 Å². The maximum absolute atomic E-state index is 13.0. The first-order valence-electron chi connectivity index (χ1n) is 21.6. The van der Waals surface area contributed by atoms with Crippen LogP contribution in [0.25, 0.3) is 0 Å². The van der Waals surface area contributed by atoms with Gasteiger partial charge in [-0.3, -0.25) is 4.79 Å². The Morgan fingerprint density at radius 1 is 0.717 bits per heavy atom. The van der Waals surface area contributed by atoms with Gasteiger partial charge in [0.15, 0.2) is 6.29 Å². The summed E-state index contributed by atoms with van der Waals surface area (Å²) in [5, 5.41) is 64.6. The molecule has 0 radical (unpaired) electrons. The molecule has 1 fully saturated rings. The molecule has 1 aliphatic heterocycles. The highest BCUT2D eigenvalue weighted by Gasteiger charge is 2.44. The third-order valence-electron chi connectivity index (χ3n) is 10.5. The molecule has 0 spiro atoms. The molecule has 10 heteroatoms. The van der Waals surface area contributed by atoms with E-state index in [0.29, 0.717) is 19.3 Å². The highest BCUT2D eigenvalue weighted by Crippen LogP contribution is 2.23. The molecule has 0 bridgehead atoms. The van der Waals surface area contributed by atoms with Crippen LogP contribution in [-0.2, 0) is 14.3 Å². The molecule has 1 amide bonds. The van der Waals surface area contributed by atoms with Gasteiger partial charge in [-0.1, -0.05) is 166 Å². The van der Waals surface area contributed by atoms with Gasteiger partial charge in [0, 0.05) is 0 Å². The molecule has 10 nitrogen and oxygen atoms in total. The normalized spacial score (nSPS) is 22.7. The number of amides is 1. The van der Waals surface area contributed by atoms with Gasteiger partial charge in [-0.15, -0.1) is 0 Å². The highest BCUT2D eigenvalue weighted by molar-refractivity contribution is 5.80. The maximum Gasteiger partial charge on any atom is 0.249 e. The number of rotatable bonds is 34. The summed E-state index contributed by atoms with van der Waals surface area (Å²) < 4.78 is 11.1. The fraction of sp³-hybridized carbons (Fsp3) is 0.884. The van der Waals surface area contributed by atoms with Crippen molar-refractivity contribution in [3.8, 4) is 0 Å². The van der Waals surface area contributed by atoms with Gasteiger partial charge in [-0.2, -0.15) is 0 Å². The summed E-state index contributed by atoms with van der Waals surface area (Å²) >= 11 is 0. The number of aliphatic hydroxyl groups is 6. The molecule has 53 heavy (non-hydrogen) atoms. The van der Waals surface area contributed by atoms with E-state index in [4.69, 9.17) is 9.47 Å². The van der Waals surface area contributed by atoms with E-state index in [2.05, 4.69) is 32.2 Å². The third-order valence-corrected chi connectivity index (χ3v) is 10.5. The smallest absolute Gasteiger partial charge is 0.249 e. The van der Waals surface area contributed by atoms with Gasteiger partial charge < -0.3 is 45.4 Å². The number of nitrogens with one attached hydrogen (secondary N) is 1. The van der Waals surface area contributed by atoms with E-state index >= 15 is 0 Å². The fourth-order valence-electron chi connectivity index (χ4n) is 6.83. The largest absolute Gasteiger partial charge is 0.394 e. The average molecular weight is 756 g/mol. The lowest BCUT2D eigenvalue weighted by Crippen LogP contribution is -2.60. The average Bonchev–Trinajstić information content (AvgIpc) is 3.15. The van der Waals surface area contributed by atoms with Crippen molar-refractivity contribution in [3.05, 3.63) is 23.8 Å². The van der Waals surface area contributed by atoms with Crippen LogP contribution in [0.5, 0.6) is 0 Å². The summed E-state index contributed by atoms with van der Waals surface area (Å²) in [7, 11) is 0. The molecule has 1 heterocycles. The highest BCUT2D eigenvalue weighted by atomic mass is 16.7. The first kappa shape index (κ1) is 49.6. The molecule has 0 saturated carbocycles. The van der Waals surface area contributed by atoms with Gasteiger partial charge in [0.25, 0.3) is 0 Å². The van der Waals surface area contributed by atoms with E-state index in [9.17, 15) is 35.4 Å². The Bertz CT molecular complexity index is 929. The molecule has 312 valence electrons. The molecular formula is C43H81NO9. The number of ether oxygens (including phenoxy) is 2. The second kappa shape index (κ2) is 32.8. The third kappa shape index (κ3) is 24.0. The zero-order valence-corrected chi connectivity index (χ0v) is 33.9. The summed E-state index contributed by atoms with van der Waals surface area (Å²) in [5.74, 6) is -0.626. The van der Waals surface area contributed by atoms with Crippen molar-refractivity contribution in [2.24, 2.45) is 0 Å². The first-order valence-corrected chi connectivity index (χ1v) is 21.6. The van der Waals surface area contributed by atoms with Crippen LogP contribution in [0.1, 0.15) is 181 Å². The van der Waals surface area contributed by atoms with E-state index < -0.39 is 61.5 Å². The minimum Gasteiger partial charge on any atom is -0.394 e. The standard InChI is InChI=1S/C43H81NO9/c1-4-6-8-10-12-13-14-15-16-17-18-20-22-26-31-37(47)42(51)44-35(33-52-43-41(50)40(49)39(48)38(32-45)53-43)36(46)30-27-23-25-29-34(3)28-24-21-19-11-9-7-5-2/h27,29-30,35-41,43,45-50H,4-26,28,31-33H2,1-3H3,(H,44,51)/b30-27+,34-29+/t35-,36+,37+,38?,39-,40?,41?,43+/m0/s1. The predicted molar refractivity (Wildman–Crippen MR) is 213 cm³/mol. The number of hydrogen-bond acceptors (Lipinski definition) is 9. The van der Waals surface area contributed by atoms with Gasteiger partial charge >= 0.3 is 0 Å². The van der Waals surface area contributed by atoms with Crippen molar-refractivity contribution in [2.75, 3.05) is 13.2 Å². The molecule has 8 atom stereocenters. The quantitative estimate of drug-likeness (QED) is 0.0263. The summed E-state index contributed by atoms with van der Waals surface area (Å²) in [6.45, 7) is 5.72. The van der Waals surface area contributed by atoms with E-state index in [0.717, 1.165) is 32.1 Å². The van der Waals surface area contributed by atoms with Crippen LogP contribution in [0.4, 0.5) is 0 Å². The van der Waals surface area contributed by atoms with Gasteiger partial charge in [0.1, 0.15) is 30.5 Å². The molecule has 0 aliphatic carbocycles. The molecule has 1 rings (SSSR count). The predicted octanol–water partition coefficient (Wildman–Crippen LogP) is 7.30. The fourth-order valence-corrected chi connectivity index (χ4v) is 6.83. The number of hydrogen-bond donors (Lipinski definition) is 7. The monoisotopic (exact) mass is 756 g/mol. The van der Waals surface area contributed by atoms with Crippen molar-refractivity contribution in [2.45, 2.75) is 230 Å². The van der Waals surface area contributed by atoms with Gasteiger partial charge in [-0.25, -0.2) is 0 Å². The van der Waals surface area contributed by atoms with Crippen LogP contribution in [0.3, 0.4) is 0 Å². The Morgan fingerprint density at radius 3 is 1.75 bits per heavy atom. The van der Waals surface area contributed by atoms with E-state index in [1.807, 2.05) is 6.08 Å². The molecular weight excluding hydrogens is 674 g/mol. The number of allylic oxidation sites excluding steroid dienone is 3. The van der Waals surface area contributed by atoms with Crippen LogP contribution in [0, 0.1) is 0 Å². The van der Waals surface area contributed by atoms with Crippen molar-refractivity contribution in [1.82, 2.24) is 5.32 Å². The molecule has 0 aromatic heterocycles. The summed E-state index contributed by atoms with van der Waals surface area (Å²) in [4.78, 5) is 13.0. The first-order chi connectivity index (χ1) is 25.7. The Labute approximate surface area is 322 Å². The zero-order chi connectivity index (χ0) is 39.1. The molecule has 0 aromatic carbocycles. The zero-order valence-electron chi connectivity index (χ0n) is 33.9. The topological polar surface area (TPSA) is 169 Å². The lowest BCUT2D eigenvalue weighted by atomic mass is 9.99. The Hall–Kier alpha value is -1.37. The number of carbonyl (C=O) groups excluding carboxylic acids is 1. The second-order valence-electron chi connectivity index (χ2n) is 15.5. The number of carbonyl (C=O) groups is 1. The Balaban J connectivity index is 2.54. The number of unbranched alkanes of at least 4 members (excludes halogenated alkanes) is 20. The van der Waals surface area contributed by atoms with Crippen molar-refractivity contribution < 1.29 is 44.9 Å². The number of aliphatic hydroxyl groups excluding tert-OH is 6. The Morgan fingerprint density at radius 2 is 1.23 bits per heavy atom. The van der Waals surface area contributed by atoms with Gasteiger partial charge in [-0.05, 0) is 39.0 Å². The summed E-state index contributed by atoms with van der Waals surface area (Å²) in [6, 6.07) is -0.994. The van der Waals surface area contributed by atoms with Crippen LogP contribution in [0.2, 0.25) is 0 Å². The van der Waals surface area contributed by atoms with E-state index in [1.165, 1.54) is 115 Å². The van der Waals surface area contributed by atoms with Crippen molar-refractivity contribution >= 4 is 5.91 Å². The van der Waals surface area contributed by atoms with E-state index in [-0.39, 0.29) is 6.61 Å².